The summed E-state index contributed by atoms with van der Waals surface area (Å²) in [5.74, 6) is 0. The minimum Gasteiger partial charge on any atom is -0.305 e. The summed E-state index contributed by atoms with van der Waals surface area (Å²) in [7, 11) is 0. The normalized spacial score (nSPS) is 19.2. The summed E-state index contributed by atoms with van der Waals surface area (Å²) in [5, 5.41) is 4.49. The molecule has 2 aromatic rings. The Balaban J connectivity index is 1.67. The number of nitrogens with one attached hydrogen (secondary N) is 1. The zero-order valence-corrected chi connectivity index (χ0v) is 11.7. The lowest BCUT2D eigenvalue weighted by atomic mass is 10.1. The van der Waals surface area contributed by atoms with Gasteiger partial charge in [-0.15, -0.1) is 0 Å². The molecular weight excluding hydrogens is 256 g/mol. The van der Waals surface area contributed by atoms with Crippen molar-refractivity contribution in [3.05, 3.63) is 64.4 Å². The Hall–Kier alpha value is -1.38. The van der Waals surface area contributed by atoms with E-state index in [2.05, 4.69) is 35.4 Å². The summed E-state index contributed by atoms with van der Waals surface area (Å²) in [6.07, 6.45) is 3.97. The Morgan fingerprint density at radius 2 is 2.05 bits per heavy atom. The largest absolute Gasteiger partial charge is 0.305 e. The van der Waals surface area contributed by atoms with Crippen molar-refractivity contribution in [1.82, 2.24) is 10.3 Å². The molecule has 0 bridgehead atoms. The molecule has 1 aromatic carbocycles. The van der Waals surface area contributed by atoms with Crippen molar-refractivity contribution in [3.8, 4) is 0 Å². The standard InChI is InChI=1S/C16H17ClN2/c1-11(16-4-2-3-7-18-16)19-15-9-12-5-6-14(17)8-13(12)10-15/h2-8,11,15,19H,9-10H2,1H3/t11-,15?/m0/s1. The molecule has 19 heavy (non-hydrogen) atoms. The molecule has 0 radical (unpaired) electrons. The first-order valence-corrected chi connectivity index (χ1v) is 7.04. The molecule has 2 atom stereocenters. The number of pyridine rings is 1. The van der Waals surface area contributed by atoms with Crippen LogP contribution in [0.4, 0.5) is 0 Å². The second kappa shape index (κ2) is 5.32. The Labute approximate surface area is 118 Å². The van der Waals surface area contributed by atoms with Gasteiger partial charge >= 0.3 is 0 Å². The monoisotopic (exact) mass is 272 g/mol. The van der Waals surface area contributed by atoms with E-state index in [4.69, 9.17) is 11.6 Å². The lowest BCUT2D eigenvalue weighted by Gasteiger charge is -2.18. The predicted molar refractivity (Wildman–Crippen MR) is 78.4 cm³/mol. The summed E-state index contributed by atoms with van der Waals surface area (Å²) >= 11 is 6.04. The van der Waals surface area contributed by atoms with Gasteiger partial charge in [-0.2, -0.15) is 0 Å². The average molecular weight is 273 g/mol. The summed E-state index contributed by atoms with van der Waals surface area (Å²) in [6, 6.07) is 13.0. The Morgan fingerprint density at radius 1 is 1.21 bits per heavy atom. The maximum absolute atomic E-state index is 6.04. The number of hydrogen-bond acceptors (Lipinski definition) is 2. The smallest absolute Gasteiger partial charge is 0.0570 e. The van der Waals surface area contributed by atoms with Crippen molar-refractivity contribution >= 4 is 11.6 Å². The van der Waals surface area contributed by atoms with Gasteiger partial charge in [-0.05, 0) is 55.2 Å². The van der Waals surface area contributed by atoms with Crippen LogP contribution in [0.1, 0.15) is 29.8 Å². The van der Waals surface area contributed by atoms with Gasteiger partial charge in [0.1, 0.15) is 0 Å². The fourth-order valence-corrected chi connectivity index (χ4v) is 2.97. The third-order valence-electron chi connectivity index (χ3n) is 3.72. The first-order chi connectivity index (χ1) is 9.22. The first-order valence-electron chi connectivity index (χ1n) is 6.66. The van der Waals surface area contributed by atoms with E-state index in [1.54, 1.807) is 0 Å². The van der Waals surface area contributed by atoms with Gasteiger partial charge in [-0.25, -0.2) is 0 Å². The molecule has 0 fully saturated rings. The first kappa shape index (κ1) is 12.6. The zero-order chi connectivity index (χ0) is 13.2. The predicted octanol–water partition coefficient (Wildman–Crippen LogP) is 3.55. The Bertz CT molecular complexity index is 568. The van der Waals surface area contributed by atoms with Gasteiger partial charge in [0.15, 0.2) is 0 Å². The molecule has 1 N–H and O–H groups in total. The average Bonchev–Trinajstić information content (AvgIpc) is 2.81. The van der Waals surface area contributed by atoms with Crippen molar-refractivity contribution in [2.45, 2.75) is 31.8 Å². The van der Waals surface area contributed by atoms with Crippen LogP contribution in [0.15, 0.2) is 42.6 Å². The molecule has 1 aromatic heterocycles. The van der Waals surface area contributed by atoms with Crippen LogP contribution in [-0.2, 0) is 12.8 Å². The number of fused-ring (bicyclic) bond motifs is 1. The number of nitrogens with zero attached hydrogens (tertiary/aromatic N) is 1. The molecule has 1 heterocycles. The summed E-state index contributed by atoms with van der Waals surface area (Å²) in [5.41, 5.74) is 3.88. The third kappa shape index (κ3) is 2.80. The van der Waals surface area contributed by atoms with Gasteiger partial charge < -0.3 is 5.32 Å². The summed E-state index contributed by atoms with van der Waals surface area (Å²) < 4.78 is 0. The van der Waals surface area contributed by atoms with Crippen molar-refractivity contribution < 1.29 is 0 Å². The highest BCUT2D eigenvalue weighted by Crippen LogP contribution is 2.26. The van der Waals surface area contributed by atoms with E-state index in [-0.39, 0.29) is 6.04 Å². The van der Waals surface area contributed by atoms with E-state index in [0.717, 1.165) is 23.6 Å². The zero-order valence-electron chi connectivity index (χ0n) is 10.9. The number of rotatable bonds is 3. The number of benzene rings is 1. The van der Waals surface area contributed by atoms with Crippen LogP contribution in [0.5, 0.6) is 0 Å². The number of halogens is 1. The molecule has 0 aliphatic heterocycles. The highest BCUT2D eigenvalue weighted by atomic mass is 35.5. The third-order valence-corrected chi connectivity index (χ3v) is 3.95. The van der Waals surface area contributed by atoms with E-state index in [9.17, 15) is 0 Å². The van der Waals surface area contributed by atoms with Crippen molar-refractivity contribution in [2.24, 2.45) is 0 Å². The van der Waals surface area contributed by atoms with Gasteiger partial charge in [0.2, 0.25) is 0 Å². The van der Waals surface area contributed by atoms with Crippen LogP contribution in [0.3, 0.4) is 0 Å². The highest BCUT2D eigenvalue weighted by Gasteiger charge is 2.23. The summed E-state index contributed by atoms with van der Waals surface area (Å²) in [4.78, 5) is 4.40. The second-order valence-electron chi connectivity index (χ2n) is 5.16. The molecule has 3 rings (SSSR count). The molecular formula is C16H17ClN2. The van der Waals surface area contributed by atoms with Crippen LogP contribution in [0, 0.1) is 0 Å². The maximum Gasteiger partial charge on any atom is 0.0570 e. The van der Waals surface area contributed by atoms with Gasteiger partial charge in [-0.3, -0.25) is 4.98 Å². The minimum absolute atomic E-state index is 0.274. The van der Waals surface area contributed by atoms with Crippen LogP contribution >= 0.6 is 11.6 Å². The van der Waals surface area contributed by atoms with E-state index >= 15 is 0 Å². The van der Waals surface area contributed by atoms with Crippen molar-refractivity contribution in [3.63, 3.8) is 0 Å². The fourth-order valence-electron chi connectivity index (χ4n) is 2.78. The van der Waals surface area contributed by atoms with Gasteiger partial charge in [0.25, 0.3) is 0 Å². The molecule has 2 nitrogen and oxygen atoms in total. The number of hydrogen-bond donors (Lipinski definition) is 1. The quantitative estimate of drug-likeness (QED) is 0.924. The topological polar surface area (TPSA) is 24.9 Å². The molecule has 0 saturated heterocycles. The molecule has 3 heteroatoms. The number of aromatic nitrogens is 1. The van der Waals surface area contributed by atoms with E-state index < -0.39 is 0 Å². The fraction of sp³-hybridized carbons (Fsp3) is 0.312. The summed E-state index contributed by atoms with van der Waals surface area (Å²) in [6.45, 7) is 2.16. The van der Waals surface area contributed by atoms with E-state index in [0.29, 0.717) is 6.04 Å². The minimum atomic E-state index is 0.274. The molecule has 0 amide bonds. The molecule has 1 aliphatic carbocycles. The lowest BCUT2D eigenvalue weighted by Crippen LogP contribution is -2.32. The van der Waals surface area contributed by atoms with Crippen LogP contribution < -0.4 is 5.32 Å². The van der Waals surface area contributed by atoms with Crippen molar-refractivity contribution in [1.29, 1.82) is 0 Å². The second-order valence-corrected chi connectivity index (χ2v) is 5.60. The van der Waals surface area contributed by atoms with Crippen LogP contribution in [0.25, 0.3) is 0 Å². The molecule has 0 saturated carbocycles. The molecule has 1 aliphatic rings. The van der Waals surface area contributed by atoms with Crippen molar-refractivity contribution in [2.75, 3.05) is 0 Å². The van der Waals surface area contributed by atoms with Gasteiger partial charge in [0.05, 0.1) is 5.69 Å². The van der Waals surface area contributed by atoms with Crippen LogP contribution in [0.2, 0.25) is 5.02 Å². The Kier molecular flexibility index (Phi) is 3.54. The molecule has 98 valence electrons. The van der Waals surface area contributed by atoms with Gasteiger partial charge in [-0.1, -0.05) is 23.7 Å². The van der Waals surface area contributed by atoms with E-state index in [1.165, 1.54) is 11.1 Å². The lowest BCUT2D eigenvalue weighted by molar-refractivity contribution is 0.461. The van der Waals surface area contributed by atoms with Gasteiger partial charge in [0, 0.05) is 23.3 Å². The SMILES string of the molecule is C[C@H](NC1Cc2ccc(Cl)cc2C1)c1ccccn1. The highest BCUT2D eigenvalue weighted by molar-refractivity contribution is 6.30. The van der Waals surface area contributed by atoms with Crippen LogP contribution in [-0.4, -0.2) is 11.0 Å². The Morgan fingerprint density at radius 3 is 2.84 bits per heavy atom. The molecule has 1 unspecified atom stereocenters. The molecule has 0 spiro atoms. The van der Waals surface area contributed by atoms with E-state index in [1.807, 2.05) is 24.4 Å². The maximum atomic E-state index is 6.04.